The van der Waals surface area contributed by atoms with E-state index in [9.17, 15) is 8.78 Å². The van der Waals surface area contributed by atoms with Gasteiger partial charge in [0.25, 0.3) is 6.43 Å². The van der Waals surface area contributed by atoms with Crippen LogP contribution in [0.5, 0.6) is 0 Å². The number of hydrogen-bond donors (Lipinski definition) is 1. The lowest BCUT2D eigenvalue weighted by Gasteiger charge is -2.02. The predicted octanol–water partition coefficient (Wildman–Crippen LogP) is 2.70. The average molecular weight is 249 g/mol. The molecule has 0 aliphatic rings. The summed E-state index contributed by atoms with van der Waals surface area (Å²) in [7, 11) is 0. The van der Waals surface area contributed by atoms with E-state index in [4.69, 9.17) is 0 Å². The maximum atomic E-state index is 12.0. The van der Waals surface area contributed by atoms with Crippen molar-refractivity contribution < 1.29 is 8.78 Å². The van der Waals surface area contributed by atoms with Gasteiger partial charge >= 0.3 is 0 Å². The van der Waals surface area contributed by atoms with Gasteiger partial charge in [0.15, 0.2) is 0 Å². The van der Waals surface area contributed by atoms with Crippen LogP contribution in [-0.2, 0) is 6.54 Å². The van der Waals surface area contributed by atoms with Gasteiger partial charge in [-0.25, -0.2) is 8.78 Å². The van der Waals surface area contributed by atoms with Crippen LogP contribution in [0.1, 0.15) is 13.3 Å². The van der Waals surface area contributed by atoms with Gasteiger partial charge in [0.1, 0.15) is 6.54 Å². The van der Waals surface area contributed by atoms with E-state index in [1.165, 1.54) is 4.68 Å². The quantitative estimate of drug-likeness (QED) is 0.718. The Labute approximate surface area is 98.6 Å². The highest BCUT2D eigenvalue weighted by atomic mass is 32.2. The molecule has 0 aliphatic carbocycles. The molecule has 0 atom stereocenters. The number of aromatic nitrogens is 2. The Morgan fingerprint density at radius 3 is 3.06 bits per heavy atom. The SMILES string of the molecule is CCSCCCNc1cnn(CC(F)F)c1. The van der Waals surface area contributed by atoms with Crippen LogP contribution in [0, 0.1) is 0 Å². The second kappa shape index (κ2) is 7.49. The minimum atomic E-state index is -2.35. The summed E-state index contributed by atoms with van der Waals surface area (Å²) >= 11 is 1.90. The van der Waals surface area contributed by atoms with E-state index in [-0.39, 0.29) is 6.54 Å². The Balaban J connectivity index is 2.19. The zero-order valence-corrected chi connectivity index (χ0v) is 10.1. The Hall–Kier alpha value is -0.780. The lowest BCUT2D eigenvalue weighted by Crippen LogP contribution is -2.06. The molecule has 0 spiro atoms. The smallest absolute Gasteiger partial charge is 0.257 e. The molecule has 0 fully saturated rings. The van der Waals surface area contributed by atoms with E-state index in [0.717, 1.165) is 30.2 Å². The van der Waals surface area contributed by atoms with E-state index >= 15 is 0 Å². The fourth-order valence-electron chi connectivity index (χ4n) is 1.25. The fourth-order valence-corrected chi connectivity index (χ4v) is 1.88. The van der Waals surface area contributed by atoms with Crippen LogP contribution in [0.3, 0.4) is 0 Å². The molecule has 1 heterocycles. The third-order valence-corrected chi connectivity index (χ3v) is 2.94. The first kappa shape index (κ1) is 13.3. The molecule has 1 aromatic rings. The maximum absolute atomic E-state index is 12.0. The zero-order chi connectivity index (χ0) is 11.8. The van der Waals surface area contributed by atoms with E-state index < -0.39 is 6.43 Å². The molecular formula is C10H17F2N3S. The monoisotopic (exact) mass is 249 g/mol. The van der Waals surface area contributed by atoms with Crippen LogP contribution in [-0.4, -0.2) is 34.3 Å². The van der Waals surface area contributed by atoms with Crippen molar-refractivity contribution in [3.63, 3.8) is 0 Å². The standard InChI is InChI=1S/C10H17F2N3S/c1-2-16-5-3-4-13-9-6-14-15(7-9)8-10(11)12/h6-7,10,13H,2-5,8H2,1H3. The van der Waals surface area contributed by atoms with Crippen molar-refractivity contribution >= 4 is 17.4 Å². The normalized spacial score (nSPS) is 11.0. The Morgan fingerprint density at radius 1 is 1.56 bits per heavy atom. The van der Waals surface area contributed by atoms with Gasteiger partial charge in [0.05, 0.1) is 11.9 Å². The summed E-state index contributed by atoms with van der Waals surface area (Å²) in [5, 5.41) is 7.00. The Morgan fingerprint density at radius 2 is 2.38 bits per heavy atom. The van der Waals surface area contributed by atoms with Crippen molar-refractivity contribution in [3.8, 4) is 0 Å². The highest BCUT2D eigenvalue weighted by Gasteiger charge is 2.05. The molecule has 3 nitrogen and oxygen atoms in total. The summed E-state index contributed by atoms with van der Waals surface area (Å²) in [5.41, 5.74) is 0.808. The van der Waals surface area contributed by atoms with E-state index in [1.807, 2.05) is 11.8 Å². The number of hydrogen-bond acceptors (Lipinski definition) is 3. The van der Waals surface area contributed by atoms with Gasteiger partial charge in [-0.15, -0.1) is 0 Å². The number of halogens is 2. The maximum Gasteiger partial charge on any atom is 0.257 e. The summed E-state index contributed by atoms with van der Waals surface area (Å²) < 4.78 is 25.3. The summed E-state index contributed by atoms with van der Waals surface area (Å²) in [4.78, 5) is 0. The van der Waals surface area contributed by atoms with Gasteiger partial charge in [0, 0.05) is 12.7 Å². The molecule has 0 radical (unpaired) electrons. The Kier molecular flexibility index (Phi) is 6.22. The van der Waals surface area contributed by atoms with Crippen LogP contribution in [0.2, 0.25) is 0 Å². The number of anilines is 1. The van der Waals surface area contributed by atoms with Crippen molar-refractivity contribution in [1.82, 2.24) is 9.78 Å². The number of nitrogens with one attached hydrogen (secondary N) is 1. The van der Waals surface area contributed by atoms with Crippen LogP contribution >= 0.6 is 11.8 Å². The molecule has 0 unspecified atom stereocenters. The third-order valence-electron chi connectivity index (χ3n) is 1.96. The van der Waals surface area contributed by atoms with Crippen LogP contribution in [0.15, 0.2) is 12.4 Å². The van der Waals surface area contributed by atoms with Crippen molar-refractivity contribution in [3.05, 3.63) is 12.4 Å². The lowest BCUT2D eigenvalue weighted by molar-refractivity contribution is 0.122. The molecule has 0 saturated carbocycles. The minimum absolute atomic E-state index is 0.340. The molecule has 0 aliphatic heterocycles. The molecule has 16 heavy (non-hydrogen) atoms. The second-order valence-electron chi connectivity index (χ2n) is 3.32. The van der Waals surface area contributed by atoms with E-state index in [1.54, 1.807) is 12.4 Å². The molecule has 1 rings (SSSR count). The molecular weight excluding hydrogens is 232 g/mol. The Bertz CT molecular complexity index is 291. The highest BCUT2D eigenvalue weighted by molar-refractivity contribution is 7.99. The summed E-state index contributed by atoms with van der Waals surface area (Å²) in [5.74, 6) is 2.25. The van der Waals surface area contributed by atoms with Crippen molar-refractivity contribution in [2.75, 3.05) is 23.4 Å². The molecule has 0 amide bonds. The third kappa shape index (κ3) is 5.34. The van der Waals surface area contributed by atoms with Crippen molar-refractivity contribution in [2.24, 2.45) is 0 Å². The zero-order valence-electron chi connectivity index (χ0n) is 9.33. The molecule has 0 saturated heterocycles. The average Bonchev–Trinajstić information content (AvgIpc) is 2.64. The highest BCUT2D eigenvalue weighted by Crippen LogP contribution is 2.07. The molecule has 0 bridgehead atoms. The lowest BCUT2D eigenvalue weighted by atomic mass is 10.4. The molecule has 92 valence electrons. The van der Waals surface area contributed by atoms with Crippen LogP contribution in [0.4, 0.5) is 14.5 Å². The summed E-state index contributed by atoms with van der Waals surface area (Å²) in [6, 6.07) is 0. The second-order valence-corrected chi connectivity index (χ2v) is 4.71. The minimum Gasteiger partial charge on any atom is -0.382 e. The first-order valence-corrected chi connectivity index (χ1v) is 6.50. The van der Waals surface area contributed by atoms with Gasteiger partial charge in [-0.3, -0.25) is 4.68 Å². The van der Waals surface area contributed by atoms with Crippen LogP contribution < -0.4 is 5.32 Å². The molecule has 0 aromatic carbocycles. The van der Waals surface area contributed by atoms with E-state index in [2.05, 4.69) is 17.3 Å². The first-order valence-electron chi connectivity index (χ1n) is 5.34. The summed E-state index contributed by atoms with van der Waals surface area (Å²) in [6.07, 6.45) is 1.90. The molecule has 1 aromatic heterocycles. The largest absolute Gasteiger partial charge is 0.382 e. The number of rotatable bonds is 8. The number of alkyl halides is 2. The predicted molar refractivity (Wildman–Crippen MR) is 64.3 cm³/mol. The van der Waals surface area contributed by atoms with Gasteiger partial charge in [0.2, 0.25) is 0 Å². The number of nitrogens with zero attached hydrogens (tertiary/aromatic N) is 2. The van der Waals surface area contributed by atoms with Crippen molar-refractivity contribution in [2.45, 2.75) is 26.3 Å². The first-order chi connectivity index (χ1) is 7.72. The van der Waals surface area contributed by atoms with Gasteiger partial charge in [-0.2, -0.15) is 16.9 Å². The number of thioether (sulfide) groups is 1. The summed E-state index contributed by atoms with van der Waals surface area (Å²) in [6.45, 7) is 2.65. The molecule has 1 N–H and O–H groups in total. The topological polar surface area (TPSA) is 29.9 Å². The van der Waals surface area contributed by atoms with Crippen molar-refractivity contribution in [1.29, 1.82) is 0 Å². The van der Waals surface area contributed by atoms with E-state index in [0.29, 0.717) is 0 Å². The van der Waals surface area contributed by atoms with Crippen LogP contribution in [0.25, 0.3) is 0 Å². The fraction of sp³-hybridized carbons (Fsp3) is 0.700. The molecule has 6 heteroatoms. The van der Waals surface area contributed by atoms with Gasteiger partial charge < -0.3 is 5.32 Å². The van der Waals surface area contributed by atoms with Gasteiger partial charge in [-0.1, -0.05) is 6.92 Å². The van der Waals surface area contributed by atoms with Gasteiger partial charge in [-0.05, 0) is 17.9 Å².